The summed E-state index contributed by atoms with van der Waals surface area (Å²) in [7, 11) is 0. The third kappa shape index (κ3) is 7.27. The summed E-state index contributed by atoms with van der Waals surface area (Å²) in [5, 5.41) is 9.25. The number of fused-ring (bicyclic) bond motifs is 2. The molecule has 4 amide bonds. The summed E-state index contributed by atoms with van der Waals surface area (Å²) >= 11 is 0. The number of imide groups is 1. The average Bonchev–Trinajstić information content (AvgIpc) is 3.41. The van der Waals surface area contributed by atoms with Crippen molar-refractivity contribution in [2.45, 2.75) is 128 Å². The number of nitrogens with one attached hydrogen (secondary N) is 2. The Kier molecular flexibility index (Phi) is 8.88. The maximum absolute atomic E-state index is 13.8. The number of hydrogen-bond donors (Lipinski definition) is 2. The Hall–Kier alpha value is -5.35. The second-order valence-corrected chi connectivity index (χ2v) is 17.0. The lowest BCUT2D eigenvalue weighted by Gasteiger charge is -2.29. The number of carbonyl (C=O) groups excluding carboxylic acids is 3. The van der Waals surface area contributed by atoms with E-state index in [2.05, 4.69) is 25.8 Å². The van der Waals surface area contributed by atoms with Gasteiger partial charge in [-0.05, 0) is 99.1 Å². The van der Waals surface area contributed by atoms with Gasteiger partial charge in [-0.15, -0.1) is 0 Å². The minimum atomic E-state index is -4.50. The number of hydrogen-bond acceptors (Lipinski definition) is 10. The lowest BCUT2D eigenvalue weighted by Crippen LogP contribution is -2.44. The molecular weight excluding hydrogens is 723 g/mol. The minimum Gasteiger partial charge on any atom is -0.485 e. The molecule has 2 fully saturated rings. The molecule has 7 rings (SSSR count). The molecule has 17 heteroatoms. The van der Waals surface area contributed by atoms with Crippen molar-refractivity contribution in [3.63, 3.8) is 0 Å². The first-order valence-corrected chi connectivity index (χ1v) is 18.1. The maximum atomic E-state index is 13.8. The third-order valence-corrected chi connectivity index (χ3v) is 9.72. The first-order valence-electron chi connectivity index (χ1n) is 18.1. The van der Waals surface area contributed by atoms with E-state index in [0.29, 0.717) is 40.0 Å². The van der Waals surface area contributed by atoms with E-state index >= 15 is 0 Å². The largest absolute Gasteiger partial charge is 0.485 e. The second-order valence-electron chi connectivity index (χ2n) is 17.0. The Morgan fingerprint density at radius 1 is 0.945 bits per heavy atom. The first-order chi connectivity index (χ1) is 25.6. The van der Waals surface area contributed by atoms with E-state index in [-0.39, 0.29) is 36.3 Å². The normalized spacial score (nSPS) is 17.5. The van der Waals surface area contributed by atoms with Crippen molar-refractivity contribution in [1.82, 2.24) is 19.7 Å². The molecule has 0 radical (unpaired) electrons. The monoisotopic (exact) mass is 767 g/mol. The zero-order valence-corrected chi connectivity index (χ0v) is 31.9. The zero-order chi connectivity index (χ0) is 39.9. The van der Waals surface area contributed by atoms with Gasteiger partial charge in [-0.25, -0.2) is 24.4 Å². The van der Waals surface area contributed by atoms with Crippen LogP contribution in [0.15, 0.2) is 35.2 Å². The van der Waals surface area contributed by atoms with Crippen molar-refractivity contribution in [2.75, 3.05) is 15.5 Å². The third-order valence-electron chi connectivity index (χ3n) is 9.72. The van der Waals surface area contributed by atoms with Crippen LogP contribution in [0.2, 0.25) is 0 Å². The molecule has 0 spiro atoms. The number of rotatable bonds is 6. The number of urea groups is 1. The summed E-state index contributed by atoms with van der Waals surface area (Å²) in [5.41, 5.74) is -1.91. The summed E-state index contributed by atoms with van der Waals surface area (Å²) in [6.45, 7) is 13.9. The van der Waals surface area contributed by atoms with Gasteiger partial charge in [0.2, 0.25) is 0 Å². The Bertz CT molecular complexity index is 2160. The van der Waals surface area contributed by atoms with E-state index in [4.69, 9.17) is 18.7 Å². The van der Waals surface area contributed by atoms with Gasteiger partial charge in [0, 0.05) is 35.9 Å². The highest BCUT2D eigenvalue weighted by Gasteiger charge is 2.67. The molecule has 294 valence electrons. The molecule has 14 nitrogen and oxygen atoms in total. The molecule has 0 unspecified atom stereocenters. The number of benzene rings is 1. The van der Waals surface area contributed by atoms with Crippen molar-refractivity contribution < 1.29 is 46.3 Å². The van der Waals surface area contributed by atoms with E-state index < -0.39 is 46.6 Å². The predicted molar refractivity (Wildman–Crippen MR) is 195 cm³/mol. The fraction of sp³-hybridized carbons (Fsp3) is 0.526. The molecule has 0 atom stereocenters. The van der Waals surface area contributed by atoms with E-state index in [1.54, 1.807) is 53.7 Å². The van der Waals surface area contributed by atoms with Crippen LogP contribution in [0.1, 0.15) is 105 Å². The van der Waals surface area contributed by atoms with Crippen LogP contribution in [0.3, 0.4) is 0 Å². The van der Waals surface area contributed by atoms with Gasteiger partial charge in [0.1, 0.15) is 39.9 Å². The molecule has 1 aromatic carbocycles. The number of carbonyl (C=O) groups is 3. The van der Waals surface area contributed by atoms with Crippen LogP contribution >= 0.6 is 0 Å². The summed E-state index contributed by atoms with van der Waals surface area (Å²) < 4.78 is 65.7. The lowest BCUT2D eigenvalue weighted by molar-refractivity contribution is -0.165. The number of nitrogens with zero attached hydrogens (tertiary/aromatic N) is 5. The van der Waals surface area contributed by atoms with Crippen molar-refractivity contribution >= 4 is 46.6 Å². The van der Waals surface area contributed by atoms with Gasteiger partial charge in [-0.1, -0.05) is 11.2 Å². The molecule has 2 aliphatic carbocycles. The standard InChI is InChI=1S/C38H44F3N7O7/c1-34(2,3)53-32(50)48(33(51)54-35(4,5)6)30-27-23(18-47(20-10-9-11-20)29(27)42-19-43-30)21-12-13-24(28-22(21)17-36(7,8)52-28)44-31(49)45-26-16-25(55-46-26)37(14-15-37)38(39,40)41/h12-13,16,18-20H,9-11,14-15,17H2,1-8H3,(H2,44,45,46,49). The highest BCUT2D eigenvalue weighted by molar-refractivity contribution is 6.16. The molecule has 3 aliphatic rings. The summed E-state index contributed by atoms with van der Waals surface area (Å²) in [6, 6.07) is 3.85. The zero-order valence-electron chi connectivity index (χ0n) is 31.9. The van der Waals surface area contributed by atoms with Gasteiger partial charge in [-0.2, -0.15) is 18.1 Å². The van der Waals surface area contributed by atoms with Gasteiger partial charge in [0.15, 0.2) is 17.4 Å². The molecule has 4 aromatic rings. The number of aromatic nitrogens is 4. The predicted octanol–water partition coefficient (Wildman–Crippen LogP) is 9.44. The van der Waals surface area contributed by atoms with Crippen LogP contribution in [0.25, 0.3) is 22.2 Å². The van der Waals surface area contributed by atoms with Crippen LogP contribution in [-0.4, -0.2) is 60.9 Å². The average molecular weight is 768 g/mol. The van der Waals surface area contributed by atoms with Crippen LogP contribution in [-0.2, 0) is 21.3 Å². The summed E-state index contributed by atoms with van der Waals surface area (Å²) in [5.74, 6) is -0.188. The Balaban J connectivity index is 1.30. The smallest absolute Gasteiger partial charge is 0.425 e. The first kappa shape index (κ1) is 37.9. The molecule has 0 saturated heterocycles. The van der Waals surface area contributed by atoms with Crippen LogP contribution in [0.5, 0.6) is 5.75 Å². The van der Waals surface area contributed by atoms with Crippen molar-refractivity contribution in [2.24, 2.45) is 0 Å². The molecular formula is C38H44F3N7O7. The molecule has 3 aromatic heterocycles. The molecule has 4 heterocycles. The van der Waals surface area contributed by atoms with Crippen LogP contribution < -0.4 is 20.3 Å². The fourth-order valence-electron chi connectivity index (χ4n) is 6.88. The number of halogens is 3. The van der Waals surface area contributed by atoms with Gasteiger partial charge in [0.05, 0.1) is 11.1 Å². The topological polar surface area (TPSA) is 163 Å². The maximum Gasteiger partial charge on any atom is 0.425 e. The van der Waals surface area contributed by atoms with Gasteiger partial charge in [0.25, 0.3) is 0 Å². The molecule has 55 heavy (non-hydrogen) atoms. The van der Waals surface area contributed by atoms with E-state index in [1.165, 1.54) is 6.33 Å². The lowest BCUT2D eigenvalue weighted by atomic mass is 9.92. The van der Waals surface area contributed by atoms with Crippen LogP contribution in [0, 0.1) is 0 Å². The SMILES string of the molecule is CC(C)(C)OC(=O)N(C(=O)OC(C)(C)C)c1ncnc2c1c(-c1ccc(NC(=O)Nc3cc(C4(C(F)(F)F)CC4)on3)c3c1CC(C)(C)O3)cn2C1CCC1. The number of alkyl halides is 3. The summed E-state index contributed by atoms with van der Waals surface area (Å²) in [4.78, 5) is 50.8. The van der Waals surface area contributed by atoms with Crippen molar-refractivity contribution in [3.8, 4) is 16.9 Å². The van der Waals surface area contributed by atoms with Crippen molar-refractivity contribution in [1.29, 1.82) is 0 Å². The Morgan fingerprint density at radius 2 is 1.60 bits per heavy atom. The van der Waals surface area contributed by atoms with E-state index in [1.807, 2.05) is 24.6 Å². The minimum absolute atomic E-state index is 0.0273. The van der Waals surface area contributed by atoms with E-state index in [0.717, 1.165) is 35.8 Å². The molecule has 1 aliphatic heterocycles. The number of amides is 4. The summed E-state index contributed by atoms with van der Waals surface area (Å²) in [6.07, 6.45) is -0.214. The second kappa shape index (κ2) is 12.9. The quantitative estimate of drug-likeness (QED) is 0.193. The van der Waals surface area contributed by atoms with Gasteiger partial charge < -0.3 is 28.6 Å². The highest BCUT2D eigenvalue weighted by Crippen LogP contribution is 2.59. The van der Waals surface area contributed by atoms with E-state index in [9.17, 15) is 27.6 Å². The molecule has 2 saturated carbocycles. The van der Waals surface area contributed by atoms with Gasteiger partial charge >= 0.3 is 24.4 Å². The fourth-order valence-corrected chi connectivity index (χ4v) is 6.88. The molecule has 0 bridgehead atoms. The van der Waals surface area contributed by atoms with Crippen LogP contribution in [0.4, 0.5) is 44.9 Å². The van der Waals surface area contributed by atoms with Crippen molar-refractivity contribution in [3.05, 3.63) is 42.0 Å². The Labute approximate surface area is 315 Å². The molecule has 2 N–H and O–H groups in total. The highest BCUT2D eigenvalue weighted by atomic mass is 19.4. The Morgan fingerprint density at radius 3 is 2.16 bits per heavy atom. The number of anilines is 3. The van der Waals surface area contributed by atoms with Gasteiger partial charge in [-0.3, -0.25) is 5.32 Å². The number of ether oxygens (including phenoxy) is 3.